The van der Waals surface area contributed by atoms with Crippen molar-refractivity contribution in [1.29, 1.82) is 0 Å². The van der Waals surface area contributed by atoms with Crippen molar-refractivity contribution in [3.05, 3.63) is 63.4 Å². The molecule has 182 valence electrons. The van der Waals surface area contributed by atoms with E-state index in [1.54, 1.807) is 32.9 Å². The summed E-state index contributed by atoms with van der Waals surface area (Å²) in [7, 11) is -3.41. The topological polar surface area (TPSA) is 121 Å². The molecule has 2 heterocycles. The van der Waals surface area contributed by atoms with E-state index in [0.29, 0.717) is 18.6 Å². The van der Waals surface area contributed by atoms with Gasteiger partial charge in [0.15, 0.2) is 0 Å². The summed E-state index contributed by atoms with van der Waals surface area (Å²) in [6, 6.07) is 9.60. The molecule has 10 nitrogen and oxygen atoms in total. The van der Waals surface area contributed by atoms with E-state index in [-0.39, 0.29) is 18.8 Å². The van der Waals surface area contributed by atoms with Crippen LogP contribution in [-0.2, 0) is 18.8 Å². The van der Waals surface area contributed by atoms with Gasteiger partial charge in [-0.3, -0.25) is 0 Å². The molecule has 0 amide bonds. The van der Waals surface area contributed by atoms with Crippen LogP contribution in [-0.4, -0.2) is 40.4 Å². The van der Waals surface area contributed by atoms with Crippen LogP contribution in [0.2, 0.25) is 0 Å². The Morgan fingerprint density at radius 1 is 1.24 bits per heavy atom. The second kappa shape index (κ2) is 11.3. The number of H-pyrrole nitrogens is 1. The van der Waals surface area contributed by atoms with Crippen LogP contribution in [0.15, 0.2) is 52.2 Å². The second-order valence-electron chi connectivity index (χ2n) is 7.97. The zero-order chi connectivity index (χ0) is 24.0. The Labute approximate surface area is 197 Å². The minimum absolute atomic E-state index is 0.135. The Bertz CT molecular complexity index is 1050. The number of esters is 1. The predicted octanol–water partition coefficient (Wildman–Crippen LogP) is 2.58. The Morgan fingerprint density at radius 3 is 2.64 bits per heavy atom. The monoisotopic (exact) mass is 499 g/mol. The van der Waals surface area contributed by atoms with Gasteiger partial charge in [-0.15, -0.1) is 0 Å². The third kappa shape index (κ3) is 7.41. The molecule has 12 heteroatoms. The van der Waals surface area contributed by atoms with E-state index in [9.17, 15) is 14.4 Å². The summed E-state index contributed by atoms with van der Waals surface area (Å²) in [5.74, 6) is 0.104. The van der Waals surface area contributed by atoms with Gasteiger partial charge in [-0.05, 0) is 0 Å². The molecule has 2 N–H and O–H groups in total. The van der Waals surface area contributed by atoms with Crippen molar-refractivity contribution in [2.75, 3.05) is 6.61 Å². The fourth-order valence-electron chi connectivity index (χ4n) is 3.29. The van der Waals surface area contributed by atoms with Crippen molar-refractivity contribution in [3.63, 3.8) is 0 Å². The van der Waals surface area contributed by atoms with Crippen molar-refractivity contribution < 1.29 is 23.3 Å². The second-order valence-corrected chi connectivity index (χ2v) is 11.7. The molecule has 3 unspecified atom stereocenters. The maximum atomic E-state index is 12.3. The summed E-state index contributed by atoms with van der Waals surface area (Å²) in [5, 5.41) is 3.06. The first-order chi connectivity index (χ1) is 15.6. The van der Waals surface area contributed by atoms with Crippen LogP contribution in [0.4, 0.5) is 0 Å². The van der Waals surface area contributed by atoms with Crippen LogP contribution in [0.1, 0.15) is 39.8 Å². The van der Waals surface area contributed by atoms with Gasteiger partial charge in [-0.2, -0.15) is 0 Å². The average Bonchev–Trinajstić information content (AvgIpc) is 3.21. The zero-order valence-electron chi connectivity index (χ0n) is 18.7. The number of nitrogens with one attached hydrogen (secondary N) is 2. The number of carbonyl (C=O) groups is 1. The molecule has 2 aromatic rings. The van der Waals surface area contributed by atoms with E-state index in [1.807, 2.05) is 18.2 Å². The van der Waals surface area contributed by atoms with Gasteiger partial charge >= 0.3 is 197 Å². The summed E-state index contributed by atoms with van der Waals surface area (Å²) < 4.78 is 24.7. The minimum atomic E-state index is -3.41. The Hall–Kier alpha value is -2.17. The van der Waals surface area contributed by atoms with E-state index >= 15 is 0 Å². The van der Waals surface area contributed by atoms with Crippen LogP contribution in [0.25, 0.3) is 0 Å². The molecule has 1 aromatic heterocycles. The van der Waals surface area contributed by atoms with E-state index in [4.69, 9.17) is 18.5 Å². The Kier molecular flexibility index (Phi) is 8.72. The quantitative estimate of drug-likeness (QED) is 0.259. The van der Waals surface area contributed by atoms with Crippen LogP contribution in [0.5, 0.6) is 5.75 Å². The molecule has 1 aliphatic heterocycles. The number of nitrogens with zero attached hydrogens (tertiary/aromatic N) is 1. The summed E-state index contributed by atoms with van der Waals surface area (Å²) in [6.45, 7) is 5.34. The number of benzene rings is 1. The van der Waals surface area contributed by atoms with Crippen LogP contribution in [0, 0.1) is 0 Å². The van der Waals surface area contributed by atoms with Crippen molar-refractivity contribution in [3.8, 4) is 5.75 Å². The number of hydrogen-bond donors (Lipinski definition) is 3. The van der Waals surface area contributed by atoms with Crippen molar-refractivity contribution in [2.45, 2.75) is 58.1 Å². The summed E-state index contributed by atoms with van der Waals surface area (Å²) in [4.78, 5) is 37.9. The number of aromatic nitrogens is 2. The third-order valence-electron chi connectivity index (χ3n) is 4.82. The molecular formula is C21H30N3O7PS. The van der Waals surface area contributed by atoms with Gasteiger partial charge in [0.25, 0.3) is 0 Å². The Morgan fingerprint density at radius 2 is 1.97 bits per heavy atom. The fourth-order valence-corrected chi connectivity index (χ4v) is 6.14. The van der Waals surface area contributed by atoms with Crippen LogP contribution < -0.4 is 20.9 Å². The fraction of sp³-hybridized carbons (Fsp3) is 0.476. The normalized spacial score (nSPS) is 19.9. The average molecular weight is 500 g/mol. The molecule has 0 spiro atoms. The summed E-state index contributed by atoms with van der Waals surface area (Å²) in [6.07, 6.45) is 1.52. The van der Waals surface area contributed by atoms with Gasteiger partial charge < -0.3 is 0 Å². The van der Waals surface area contributed by atoms with E-state index in [2.05, 4.69) is 22.3 Å². The third-order valence-corrected chi connectivity index (χ3v) is 7.73. The molecule has 0 aliphatic carbocycles. The van der Waals surface area contributed by atoms with Gasteiger partial charge in [-0.1, -0.05) is 0 Å². The van der Waals surface area contributed by atoms with Crippen LogP contribution in [0.3, 0.4) is 0 Å². The molecule has 0 saturated carbocycles. The molecule has 1 aliphatic rings. The first kappa shape index (κ1) is 25.5. The van der Waals surface area contributed by atoms with E-state index < -0.39 is 36.6 Å². The van der Waals surface area contributed by atoms with Crippen molar-refractivity contribution in [1.82, 2.24) is 14.6 Å². The summed E-state index contributed by atoms with van der Waals surface area (Å²) in [5.41, 5.74) is -0.993. The van der Waals surface area contributed by atoms with Gasteiger partial charge in [0.1, 0.15) is 0 Å². The molecule has 1 aromatic carbocycles. The number of aromatic amines is 1. The van der Waals surface area contributed by atoms with Crippen LogP contribution >= 0.6 is 19.3 Å². The van der Waals surface area contributed by atoms with Crippen molar-refractivity contribution >= 4 is 25.3 Å². The maximum absolute atomic E-state index is 12.3. The zero-order valence-corrected chi connectivity index (χ0v) is 20.6. The molecule has 0 radical (unpaired) electrons. The van der Waals surface area contributed by atoms with Gasteiger partial charge in [0.2, 0.25) is 0 Å². The molecule has 33 heavy (non-hydrogen) atoms. The number of rotatable bonds is 10. The first-order valence-electron chi connectivity index (χ1n) is 10.7. The molecule has 3 atom stereocenters. The first-order valence-corrected chi connectivity index (χ1v) is 13.8. The molecule has 1 fully saturated rings. The van der Waals surface area contributed by atoms with E-state index in [0.717, 1.165) is 0 Å². The SMILES string of the molecule is CC(C)OC(=O)C(C)N[PH](S)(OCC1CCC(n2ccc(=O)[nH]c2=O)O1)Oc1ccccc1. The molecule has 1 saturated heterocycles. The standard InChI is InChI=1S/C21H30N3O7PS/c1-14(2)29-20(26)15(3)23-32(33,31-16-7-5-4-6-8-16)28-13-17-9-10-19(30-17)24-12-11-18(25)22-21(24)27/h4-8,11-12,14-15,17,19,23,32-33H,9-10,13H2,1-3H3,(H,22,25,27). The predicted molar refractivity (Wildman–Crippen MR) is 129 cm³/mol. The molecular weight excluding hydrogens is 469 g/mol. The number of ether oxygens (including phenoxy) is 2. The van der Waals surface area contributed by atoms with Crippen molar-refractivity contribution in [2.24, 2.45) is 0 Å². The van der Waals surface area contributed by atoms with Gasteiger partial charge in [0, 0.05) is 0 Å². The van der Waals surface area contributed by atoms with Gasteiger partial charge in [0.05, 0.1) is 0 Å². The number of carbonyl (C=O) groups excluding carboxylic acids is 1. The molecule has 0 bridgehead atoms. The number of para-hydroxylation sites is 1. The number of thiol groups is 1. The van der Waals surface area contributed by atoms with Gasteiger partial charge in [-0.25, -0.2) is 0 Å². The molecule has 3 rings (SSSR count). The Balaban J connectivity index is 1.66. The summed E-state index contributed by atoms with van der Waals surface area (Å²) >= 11 is 4.67. The van der Waals surface area contributed by atoms with E-state index in [1.165, 1.54) is 16.8 Å². The number of hydrogen-bond acceptors (Lipinski definition) is 9.